The molecule has 6 rings (SSSR count). The molecule has 1 aliphatic heterocycles. The zero-order valence-corrected chi connectivity index (χ0v) is 33.9. The number of amides is 3. The number of hydrogen-bond donors (Lipinski definition) is 3. The van der Waals surface area contributed by atoms with E-state index in [2.05, 4.69) is 60.7 Å². The number of nitrogens with zero attached hydrogens (tertiary/aromatic N) is 2. The first kappa shape index (κ1) is 39.3. The van der Waals surface area contributed by atoms with Crippen molar-refractivity contribution in [3.63, 3.8) is 0 Å². The number of likely N-dealkylation sites (tertiary alicyclic amines) is 1. The number of aromatic nitrogens is 1. The second-order valence-corrected chi connectivity index (χ2v) is 21.8. The molecule has 1 saturated heterocycles. The van der Waals surface area contributed by atoms with Gasteiger partial charge in [-0.3, -0.25) is 14.4 Å². The third kappa shape index (κ3) is 7.87. The Morgan fingerprint density at radius 3 is 2.13 bits per heavy atom. The van der Waals surface area contributed by atoms with Crippen molar-refractivity contribution in [3.05, 3.63) is 95.6 Å². The number of halogens is 1. The van der Waals surface area contributed by atoms with Gasteiger partial charge in [-0.1, -0.05) is 114 Å². The Hall–Kier alpha value is -4.39. The standard InChI is InChI=1S/C42H51FN4O5SSi/c1-27-35(53-26-45-27)28-18-19-29(34(22-28)52-54(41(5,6)7,31-14-10-8-11-15-31)32-16-12-9-13-17-32)24-44-37(49)33-23-30(48)25-47(33)38(50)36(40(2,3)4)46-39(51)42(43)20-21-42/h8-19,22,26,30,33,36,48H,20-21,23-25H2,1-7H3,(H,44,49)(H,46,51)/t30-,33+,36-/m1/s1. The molecule has 9 nitrogen and oxygen atoms in total. The van der Waals surface area contributed by atoms with Gasteiger partial charge in [-0.05, 0) is 52.2 Å². The minimum absolute atomic E-state index is 0.0322. The molecule has 1 saturated carbocycles. The van der Waals surface area contributed by atoms with E-state index in [-0.39, 0.29) is 37.4 Å². The third-order valence-electron chi connectivity index (χ3n) is 10.6. The van der Waals surface area contributed by atoms with Gasteiger partial charge < -0.3 is 25.1 Å². The van der Waals surface area contributed by atoms with Gasteiger partial charge >= 0.3 is 8.32 Å². The lowest BCUT2D eigenvalue weighted by molar-refractivity contribution is -0.145. The first-order chi connectivity index (χ1) is 25.4. The van der Waals surface area contributed by atoms with Crippen LogP contribution in [-0.4, -0.2) is 71.4 Å². The van der Waals surface area contributed by atoms with E-state index < -0.39 is 55.3 Å². The molecule has 1 aliphatic carbocycles. The molecule has 3 amide bonds. The summed E-state index contributed by atoms with van der Waals surface area (Å²) in [4.78, 5) is 47.6. The number of aliphatic hydroxyl groups excluding tert-OH is 1. The average Bonchev–Trinajstić information content (AvgIpc) is 3.54. The van der Waals surface area contributed by atoms with Crippen LogP contribution in [0, 0.1) is 12.3 Å². The molecule has 3 N–H and O–H groups in total. The number of aryl methyl sites for hydroxylation is 1. The summed E-state index contributed by atoms with van der Waals surface area (Å²) in [6.45, 7) is 13.9. The summed E-state index contributed by atoms with van der Waals surface area (Å²) in [7, 11) is -3.09. The molecule has 0 radical (unpaired) electrons. The molecule has 3 aromatic carbocycles. The Labute approximate surface area is 322 Å². The molecule has 2 fully saturated rings. The van der Waals surface area contributed by atoms with Crippen molar-refractivity contribution in [2.24, 2.45) is 5.41 Å². The van der Waals surface area contributed by atoms with Crippen molar-refractivity contribution in [1.82, 2.24) is 20.5 Å². The summed E-state index contributed by atoms with van der Waals surface area (Å²) in [6, 6.07) is 24.6. The average molecular weight is 771 g/mol. The summed E-state index contributed by atoms with van der Waals surface area (Å²) in [5, 5.41) is 18.3. The van der Waals surface area contributed by atoms with Crippen LogP contribution in [-0.2, 0) is 20.9 Å². The zero-order chi connectivity index (χ0) is 39.1. The highest BCUT2D eigenvalue weighted by Crippen LogP contribution is 2.42. The third-order valence-corrected chi connectivity index (χ3v) is 16.5. The van der Waals surface area contributed by atoms with Gasteiger partial charge in [-0.15, -0.1) is 11.3 Å². The minimum atomic E-state index is -3.09. The summed E-state index contributed by atoms with van der Waals surface area (Å²) >= 11 is 1.55. The lowest BCUT2D eigenvalue weighted by Crippen LogP contribution is -2.69. The van der Waals surface area contributed by atoms with Crippen molar-refractivity contribution in [1.29, 1.82) is 0 Å². The molecule has 0 spiro atoms. The van der Waals surface area contributed by atoms with Crippen molar-refractivity contribution >= 4 is 47.7 Å². The predicted octanol–water partition coefficient (Wildman–Crippen LogP) is 5.67. The van der Waals surface area contributed by atoms with Gasteiger partial charge in [-0.25, -0.2) is 9.37 Å². The number of thiazole rings is 1. The molecule has 2 heterocycles. The number of alkyl halides is 1. The van der Waals surface area contributed by atoms with E-state index in [1.165, 1.54) is 4.90 Å². The fourth-order valence-electron chi connectivity index (χ4n) is 7.35. The molecule has 0 bridgehead atoms. The SMILES string of the molecule is Cc1ncsc1-c1ccc(CNC(=O)[C@@H]2C[C@@H](O)CN2C(=O)[C@@H](NC(=O)C2(F)CC2)C(C)(C)C)c(O[Si](c2ccccc2)(c2ccccc2)C(C)(C)C)c1. The highest BCUT2D eigenvalue weighted by molar-refractivity contribution is 7.13. The molecule has 54 heavy (non-hydrogen) atoms. The highest BCUT2D eigenvalue weighted by Gasteiger charge is 2.54. The maximum atomic E-state index is 14.7. The van der Waals surface area contributed by atoms with Gasteiger partial charge in [0.25, 0.3) is 5.91 Å². The highest BCUT2D eigenvalue weighted by atomic mass is 32.1. The van der Waals surface area contributed by atoms with Crippen molar-refractivity contribution < 1.29 is 28.3 Å². The summed E-state index contributed by atoms with van der Waals surface area (Å²) < 4.78 is 22.2. The fourth-order valence-corrected chi connectivity index (χ4v) is 12.6. The van der Waals surface area contributed by atoms with Crippen molar-refractivity contribution in [3.8, 4) is 16.2 Å². The normalized spacial score (nSPS) is 18.9. The number of aliphatic hydroxyl groups is 1. The van der Waals surface area contributed by atoms with Gasteiger partial charge in [0.15, 0.2) is 5.67 Å². The van der Waals surface area contributed by atoms with Crippen LogP contribution in [0.15, 0.2) is 84.4 Å². The van der Waals surface area contributed by atoms with Gasteiger partial charge in [0, 0.05) is 25.1 Å². The molecular weight excluding hydrogens is 720 g/mol. The summed E-state index contributed by atoms with van der Waals surface area (Å²) in [6.07, 6.45) is -0.675. The van der Waals surface area contributed by atoms with Crippen LogP contribution >= 0.6 is 11.3 Å². The van der Waals surface area contributed by atoms with Gasteiger partial charge in [0.1, 0.15) is 17.8 Å². The second-order valence-electron chi connectivity index (χ2n) is 16.7. The maximum absolute atomic E-state index is 14.7. The first-order valence-corrected chi connectivity index (χ1v) is 21.3. The Balaban J connectivity index is 1.34. The molecule has 286 valence electrons. The number of hydrogen-bond acceptors (Lipinski definition) is 7. The van der Waals surface area contributed by atoms with Crippen LogP contribution in [0.1, 0.15) is 72.1 Å². The summed E-state index contributed by atoms with van der Waals surface area (Å²) in [5.74, 6) is -1.16. The maximum Gasteiger partial charge on any atom is 0.319 e. The van der Waals surface area contributed by atoms with Gasteiger partial charge in [0.05, 0.1) is 22.2 Å². The van der Waals surface area contributed by atoms with E-state index in [1.54, 1.807) is 32.1 Å². The van der Waals surface area contributed by atoms with Gasteiger partial charge in [0.2, 0.25) is 11.8 Å². The number of carbonyl (C=O) groups is 3. The quantitative estimate of drug-likeness (QED) is 0.169. The smallest absolute Gasteiger partial charge is 0.319 e. The molecule has 0 unspecified atom stereocenters. The van der Waals surface area contributed by atoms with E-state index in [0.717, 1.165) is 32.1 Å². The fraction of sp³-hybridized carbons (Fsp3) is 0.429. The van der Waals surface area contributed by atoms with E-state index in [9.17, 15) is 23.9 Å². The lowest BCUT2D eigenvalue weighted by atomic mass is 9.85. The lowest BCUT2D eigenvalue weighted by Gasteiger charge is -2.43. The van der Waals surface area contributed by atoms with Gasteiger partial charge in [-0.2, -0.15) is 0 Å². The Bertz CT molecular complexity index is 1950. The van der Waals surface area contributed by atoms with Crippen LogP contribution in [0.4, 0.5) is 4.39 Å². The Morgan fingerprint density at radius 2 is 1.61 bits per heavy atom. The minimum Gasteiger partial charge on any atom is -0.534 e. The van der Waals surface area contributed by atoms with E-state index in [1.807, 2.05) is 67.0 Å². The number of β-amino-alcohol motifs (C(OH)–C–C–N with tert-alkyl or cyclic N) is 1. The zero-order valence-electron chi connectivity index (χ0n) is 32.1. The molecule has 2 aliphatic rings. The topological polar surface area (TPSA) is 121 Å². The number of carbonyl (C=O) groups excluding carboxylic acids is 3. The number of benzene rings is 3. The van der Waals surface area contributed by atoms with Crippen LogP contribution in [0.25, 0.3) is 10.4 Å². The van der Waals surface area contributed by atoms with Crippen LogP contribution in [0.3, 0.4) is 0 Å². The van der Waals surface area contributed by atoms with Crippen molar-refractivity contribution in [2.45, 2.75) is 103 Å². The molecule has 3 atom stereocenters. The van der Waals surface area contributed by atoms with E-state index in [0.29, 0.717) is 5.75 Å². The first-order valence-electron chi connectivity index (χ1n) is 18.5. The van der Waals surface area contributed by atoms with Crippen molar-refractivity contribution in [2.75, 3.05) is 6.54 Å². The largest absolute Gasteiger partial charge is 0.534 e. The Morgan fingerprint density at radius 1 is 1.00 bits per heavy atom. The monoisotopic (exact) mass is 770 g/mol. The molecule has 1 aromatic heterocycles. The number of nitrogens with one attached hydrogen (secondary N) is 2. The predicted molar refractivity (Wildman–Crippen MR) is 213 cm³/mol. The van der Waals surface area contributed by atoms with E-state index in [4.69, 9.17) is 4.43 Å². The molecule has 12 heteroatoms. The molecule has 4 aromatic rings. The van der Waals surface area contributed by atoms with E-state index >= 15 is 0 Å². The van der Waals surface area contributed by atoms with Crippen LogP contribution < -0.4 is 25.4 Å². The Kier molecular flexibility index (Phi) is 10.9. The number of rotatable bonds is 11. The second kappa shape index (κ2) is 15.0. The van der Waals surface area contributed by atoms with Crippen LogP contribution in [0.2, 0.25) is 5.04 Å². The molecular formula is C42H51FN4O5SSi. The summed E-state index contributed by atoms with van der Waals surface area (Å²) in [5.41, 5.74) is 1.68. The van der Waals surface area contributed by atoms with Crippen LogP contribution in [0.5, 0.6) is 5.75 Å².